The zero-order valence-corrected chi connectivity index (χ0v) is 11.9. The van der Waals surface area contributed by atoms with Gasteiger partial charge in [-0.1, -0.05) is 24.4 Å². The van der Waals surface area contributed by atoms with Gasteiger partial charge in [0, 0.05) is 19.5 Å². The van der Waals surface area contributed by atoms with Gasteiger partial charge in [0.15, 0.2) is 5.84 Å². The SMILES string of the molecule is CCNC(=O)CCNC(=O)C1(C(N)=NO)CCCCC1. The number of amidine groups is 1. The molecule has 0 aromatic rings. The molecule has 1 aliphatic carbocycles. The summed E-state index contributed by atoms with van der Waals surface area (Å²) in [6.07, 6.45) is 4.18. The fourth-order valence-corrected chi connectivity index (χ4v) is 2.59. The van der Waals surface area contributed by atoms with Crippen LogP contribution in [0, 0.1) is 5.41 Å². The minimum atomic E-state index is -0.922. The summed E-state index contributed by atoms with van der Waals surface area (Å²) in [6.45, 7) is 2.66. The average molecular weight is 284 g/mol. The standard InChI is InChI=1S/C13H24N4O3/c1-2-15-10(18)6-9-16-12(19)13(11(14)17-20)7-4-3-5-8-13/h20H,2-9H2,1H3,(H2,14,17)(H,15,18)(H,16,19). The Hall–Kier alpha value is -1.79. The van der Waals surface area contributed by atoms with Gasteiger partial charge < -0.3 is 21.6 Å². The van der Waals surface area contributed by atoms with E-state index in [1.54, 1.807) is 0 Å². The highest BCUT2D eigenvalue weighted by molar-refractivity contribution is 6.06. The van der Waals surface area contributed by atoms with Crippen molar-refractivity contribution in [3.8, 4) is 0 Å². The summed E-state index contributed by atoms with van der Waals surface area (Å²) in [5, 5.41) is 17.3. The highest BCUT2D eigenvalue weighted by Gasteiger charge is 2.43. The van der Waals surface area contributed by atoms with Gasteiger partial charge in [-0.3, -0.25) is 9.59 Å². The zero-order valence-electron chi connectivity index (χ0n) is 11.9. The summed E-state index contributed by atoms with van der Waals surface area (Å²) >= 11 is 0. The molecule has 0 aromatic carbocycles. The van der Waals surface area contributed by atoms with Crippen LogP contribution in [0.5, 0.6) is 0 Å². The van der Waals surface area contributed by atoms with Crippen LogP contribution in [-0.2, 0) is 9.59 Å². The van der Waals surface area contributed by atoms with Gasteiger partial charge in [0.05, 0.1) is 0 Å². The number of oxime groups is 1. The fraction of sp³-hybridized carbons (Fsp3) is 0.769. The van der Waals surface area contributed by atoms with Gasteiger partial charge in [0.2, 0.25) is 11.8 Å². The highest BCUT2D eigenvalue weighted by atomic mass is 16.4. The largest absolute Gasteiger partial charge is 0.409 e. The first kappa shape index (κ1) is 16.3. The van der Waals surface area contributed by atoms with E-state index in [1.165, 1.54) is 0 Å². The molecular weight excluding hydrogens is 260 g/mol. The van der Waals surface area contributed by atoms with Crippen LogP contribution in [0.4, 0.5) is 0 Å². The van der Waals surface area contributed by atoms with E-state index in [-0.39, 0.29) is 30.6 Å². The molecule has 2 amide bonds. The molecular formula is C13H24N4O3. The molecule has 20 heavy (non-hydrogen) atoms. The Morgan fingerprint density at radius 2 is 1.90 bits per heavy atom. The maximum atomic E-state index is 12.3. The van der Waals surface area contributed by atoms with Crippen molar-refractivity contribution >= 4 is 17.6 Å². The Bertz CT molecular complexity index is 376. The summed E-state index contributed by atoms with van der Waals surface area (Å²) in [5.41, 5.74) is 4.80. The molecule has 1 rings (SSSR count). The van der Waals surface area contributed by atoms with Crippen LogP contribution >= 0.6 is 0 Å². The van der Waals surface area contributed by atoms with E-state index in [0.29, 0.717) is 19.4 Å². The lowest BCUT2D eigenvalue weighted by Gasteiger charge is -2.34. The number of nitrogens with two attached hydrogens (primary N) is 1. The van der Waals surface area contributed by atoms with Gasteiger partial charge in [-0.2, -0.15) is 0 Å². The van der Waals surface area contributed by atoms with Crippen LogP contribution in [0.15, 0.2) is 5.16 Å². The van der Waals surface area contributed by atoms with E-state index in [4.69, 9.17) is 10.9 Å². The summed E-state index contributed by atoms with van der Waals surface area (Å²) < 4.78 is 0. The lowest BCUT2D eigenvalue weighted by Crippen LogP contribution is -2.51. The minimum absolute atomic E-state index is 0.0345. The van der Waals surface area contributed by atoms with Gasteiger partial charge >= 0.3 is 0 Å². The number of hydrogen-bond donors (Lipinski definition) is 4. The predicted octanol–water partition coefficient (Wildman–Crippen LogP) is 0.326. The van der Waals surface area contributed by atoms with E-state index < -0.39 is 5.41 Å². The van der Waals surface area contributed by atoms with Crippen LogP contribution in [0.3, 0.4) is 0 Å². The second-order valence-electron chi connectivity index (χ2n) is 5.09. The number of carbonyl (C=O) groups is 2. The molecule has 0 saturated heterocycles. The Balaban J connectivity index is 2.59. The van der Waals surface area contributed by atoms with Crippen molar-refractivity contribution in [1.82, 2.24) is 10.6 Å². The molecule has 7 nitrogen and oxygen atoms in total. The predicted molar refractivity (Wildman–Crippen MR) is 75.2 cm³/mol. The number of nitrogens with zero attached hydrogens (tertiary/aromatic N) is 1. The van der Waals surface area contributed by atoms with Crippen molar-refractivity contribution in [2.24, 2.45) is 16.3 Å². The molecule has 0 atom stereocenters. The molecule has 1 saturated carbocycles. The average Bonchev–Trinajstić information content (AvgIpc) is 2.47. The maximum absolute atomic E-state index is 12.3. The molecule has 1 fully saturated rings. The summed E-state index contributed by atoms with van der Waals surface area (Å²) in [7, 11) is 0. The number of nitrogens with one attached hydrogen (secondary N) is 2. The van der Waals surface area contributed by atoms with E-state index in [9.17, 15) is 9.59 Å². The summed E-state index contributed by atoms with van der Waals surface area (Å²) in [6, 6.07) is 0. The lowest BCUT2D eigenvalue weighted by molar-refractivity contribution is -0.129. The summed E-state index contributed by atoms with van der Waals surface area (Å²) in [5.74, 6) is -0.390. The van der Waals surface area contributed by atoms with Crippen molar-refractivity contribution in [1.29, 1.82) is 0 Å². The number of amides is 2. The van der Waals surface area contributed by atoms with Gasteiger partial charge in [-0.15, -0.1) is 0 Å². The normalized spacial score (nSPS) is 18.4. The van der Waals surface area contributed by atoms with E-state index in [1.807, 2.05) is 6.92 Å². The molecule has 7 heteroatoms. The molecule has 0 radical (unpaired) electrons. The van der Waals surface area contributed by atoms with Crippen LogP contribution in [0.2, 0.25) is 0 Å². The second kappa shape index (κ2) is 7.72. The molecule has 1 aliphatic rings. The van der Waals surface area contributed by atoms with Gasteiger partial charge in [0.1, 0.15) is 5.41 Å². The molecule has 5 N–H and O–H groups in total. The summed E-state index contributed by atoms with van der Waals surface area (Å²) in [4.78, 5) is 23.7. The number of hydrogen-bond acceptors (Lipinski definition) is 4. The Labute approximate surface area is 119 Å². The first-order chi connectivity index (χ1) is 9.56. The third kappa shape index (κ3) is 3.85. The van der Waals surface area contributed by atoms with Crippen molar-refractivity contribution in [3.63, 3.8) is 0 Å². The minimum Gasteiger partial charge on any atom is -0.409 e. The van der Waals surface area contributed by atoms with E-state index >= 15 is 0 Å². The molecule has 0 aromatic heterocycles. The third-order valence-electron chi connectivity index (χ3n) is 3.75. The van der Waals surface area contributed by atoms with Gasteiger partial charge in [-0.05, 0) is 19.8 Å². The molecule has 0 spiro atoms. The number of carbonyl (C=O) groups excluding carboxylic acids is 2. The van der Waals surface area contributed by atoms with Crippen molar-refractivity contribution in [2.75, 3.05) is 13.1 Å². The van der Waals surface area contributed by atoms with Crippen LogP contribution in [0.1, 0.15) is 45.4 Å². The van der Waals surface area contributed by atoms with Gasteiger partial charge in [-0.25, -0.2) is 0 Å². The Morgan fingerprint density at radius 3 is 2.45 bits per heavy atom. The number of rotatable bonds is 6. The third-order valence-corrected chi connectivity index (χ3v) is 3.75. The monoisotopic (exact) mass is 284 g/mol. The van der Waals surface area contributed by atoms with Crippen LogP contribution < -0.4 is 16.4 Å². The Kier molecular flexibility index (Phi) is 6.27. The van der Waals surface area contributed by atoms with E-state index in [0.717, 1.165) is 19.3 Å². The zero-order chi connectivity index (χ0) is 15.0. The smallest absolute Gasteiger partial charge is 0.233 e. The molecule has 0 bridgehead atoms. The first-order valence-electron chi connectivity index (χ1n) is 7.10. The fourth-order valence-electron chi connectivity index (χ4n) is 2.59. The van der Waals surface area contributed by atoms with E-state index in [2.05, 4.69) is 15.8 Å². The molecule has 114 valence electrons. The highest BCUT2D eigenvalue weighted by Crippen LogP contribution is 2.36. The first-order valence-corrected chi connectivity index (χ1v) is 7.10. The van der Waals surface area contributed by atoms with Crippen molar-refractivity contribution in [2.45, 2.75) is 45.4 Å². The topological polar surface area (TPSA) is 117 Å². The van der Waals surface area contributed by atoms with Crippen LogP contribution in [-0.4, -0.2) is 35.9 Å². The lowest BCUT2D eigenvalue weighted by atomic mass is 9.72. The van der Waals surface area contributed by atoms with Gasteiger partial charge in [0.25, 0.3) is 0 Å². The second-order valence-corrected chi connectivity index (χ2v) is 5.09. The molecule has 0 unspecified atom stereocenters. The Morgan fingerprint density at radius 1 is 1.25 bits per heavy atom. The van der Waals surface area contributed by atoms with Crippen LogP contribution in [0.25, 0.3) is 0 Å². The van der Waals surface area contributed by atoms with Crippen molar-refractivity contribution < 1.29 is 14.8 Å². The van der Waals surface area contributed by atoms with Crippen molar-refractivity contribution in [3.05, 3.63) is 0 Å². The molecule has 0 heterocycles. The quantitative estimate of drug-likeness (QED) is 0.243. The maximum Gasteiger partial charge on any atom is 0.233 e. The molecule has 0 aliphatic heterocycles.